The number of hydrogen-bond donors (Lipinski definition) is 2. The monoisotopic (exact) mass is 366 g/mol. The summed E-state index contributed by atoms with van der Waals surface area (Å²) in [6.07, 6.45) is -3.57. The molecule has 1 amide bonds. The van der Waals surface area contributed by atoms with E-state index in [0.29, 0.717) is 13.2 Å². The van der Waals surface area contributed by atoms with Gasteiger partial charge in [0.15, 0.2) is 0 Å². The molecule has 2 rings (SSSR count). The number of benzene rings is 1. The summed E-state index contributed by atoms with van der Waals surface area (Å²) in [6.45, 7) is -0.535. The molecule has 0 atom stereocenters. The lowest BCUT2D eigenvalue weighted by Crippen LogP contribution is -2.39. The number of rotatable bonds is 5. The zero-order valence-electron chi connectivity index (χ0n) is 11.0. The van der Waals surface area contributed by atoms with Gasteiger partial charge in [-0.2, -0.15) is 13.2 Å². The minimum Gasteiger partial charge on any atom is -0.493 e. The molecule has 0 saturated carbocycles. The molecule has 0 saturated heterocycles. The first-order valence-corrected chi connectivity index (χ1v) is 7.13. The zero-order valence-corrected chi connectivity index (χ0v) is 12.6. The van der Waals surface area contributed by atoms with E-state index in [1.54, 1.807) is 5.32 Å². The van der Waals surface area contributed by atoms with Gasteiger partial charge in [-0.15, -0.1) is 0 Å². The second-order valence-electron chi connectivity index (χ2n) is 4.65. The van der Waals surface area contributed by atoms with Crippen LogP contribution in [0.3, 0.4) is 0 Å². The van der Waals surface area contributed by atoms with Crippen molar-refractivity contribution in [3.05, 3.63) is 27.7 Å². The molecule has 1 heterocycles. The van der Waals surface area contributed by atoms with Gasteiger partial charge in [-0.05, 0) is 17.7 Å². The third kappa shape index (κ3) is 4.89. The van der Waals surface area contributed by atoms with Crippen molar-refractivity contribution in [1.82, 2.24) is 10.6 Å². The smallest absolute Gasteiger partial charge is 0.405 e. The van der Waals surface area contributed by atoms with Gasteiger partial charge < -0.3 is 15.4 Å². The summed E-state index contributed by atoms with van der Waals surface area (Å²) in [5, 5.41) is 4.62. The lowest BCUT2D eigenvalue weighted by molar-refractivity contribution is -0.137. The molecule has 21 heavy (non-hydrogen) atoms. The van der Waals surface area contributed by atoms with Crippen LogP contribution >= 0.6 is 15.9 Å². The Morgan fingerprint density at radius 1 is 1.38 bits per heavy atom. The molecule has 0 fully saturated rings. The second-order valence-corrected chi connectivity index (χ2v) is 5.56. The van der Waals surface area contributed by atoms with Gasteiger partial charge >= 0.3 is 6.18 Å². The molecule has 116 valence electrons. The van der Waals surface area contributed by atoms with Crippen LogP contribution in [-0.4, -0.2) is 31.8 Å². The Bertz CT molecular complexity index is 535. The van der Waals surface area contributed by atoms with E-state index in [1.807, 2.05) is 12.1 Å². The molecule has 0 aromatic heterocycles. The predicted octanol–water partition coefficient (Wildman–Crippen LogP) is 2.15. The van der Waals surface area contributed by atoms with E-state index < -0.39 is 18.6 Å². The van der Waals surface area contributed by atoms with Crippen molar-refractivity contribution in [2.24, 2.45) is 0 Å². The first-order chi connectivity index (χ1) is 9.85. The van der Waals surface area contributed by atoms with Crippen LogP contribution in [0.15, 0.2) is 16.6 Å². The number of ether oxygens (including phenoxy) is 1. The minimum atomic E-state index is -4.39. The summed E-state index contributed by atoms with van der Waals surface area (Å²) in [5.41, 5.74) is 1.96. The van der Waals surface area contributed by atoms with Gasteiger partial charge in [-0.1, -0.05) is 15.9 Å². The summed E-state index contributed by atoms with van der Waals surface area (Å²) >= 11 is 3.40. The molecule has 0 unspecified atom stereocenters. The zero-order chi connectivity index (χ0) is 15.5. The first-order valence-electron chi connectivity index (χ1n) is 6.33. The Balaban J connectivity index is 1.83. The van der Waals surface area contributed by atoms with Crippen molar-refractivity contribution in [2.75, 3.05) is 19.7 Å². The van der Waals surface area contributed by atoms with Gasteiger partial charge in [0.2, 0.25) is 5.91 Å². The fourth-order valence-corrected chi connectivity index (χ4v) is 2.60. The highest BCUT2D eigenvalue weighted by molar-refractivity contribution is 9.10. The highest BCUT2D eigenvalue weighted by Gasteiger charge is 2.27. The maximum Gasteiger partial charge on any atom is 0.405 e. The molecular formula is C13H14BrF3N2O2. The molecule has 4 nitrogen and oxygen atoms in total. The maximum absolute atomic E-state index is 11.9. The molecule has 1 aliphatic rings. The first kappa shape index (κ1) is 16.1. The Hall–Kier alpha value is -1.28. The number of alkyl halides is 3. The largest absolute Gasteiger partial charge is 0.493 e. The SMILES string of the molecule is O=C(CNCc1cc(Br)cc2c1OCC2)NCC(F)(F)F. The number of hydrogen-bond acceptors (Lipinski definition) is 3. The van der Waals surface area contributed by atoms with E-state index in [4.69, 9.17) is 4.74 Å². The molecule has 0 bridgehead atoms. The molecule has 0 aliphatic carbocycles. The van der Waals surface area contributed by atoms with E-state index in [1.165, 1.54) is 0 Å². The summed E-state index contributed by atoms with van der Waals surface area (Å²) in [7, 11) is 0. The van der Waals surface area contributed by atoms with Gasteiger partial charge in [-0.3, -0.25) is 4.79 Å². The fourth-order valence-electron chi connectivity index (χ4n) is 2.05. The van der Waals surface area contributed by atoms with Gasteiger partial charge in [-0.25, -0.2) is 0 Å². The van der Waals surface area contributed by atoms with E-state index >= 15 is 0 Å². The third-order valence-electron chi connectivity index (χ3n) is 2.91. The summed E-state index contributed by atoms with van der Waals surface area (Å²) in [6, 6.07) is 3.84. The fraction of sp³-hybridized carbons (Fsp3) is 0.462. The molecule has 1 aliphatic heterocycles. The van der Waals surface area contributed by atoms with Crippen molar-refractivity contribution >= 4 is 21.8 Å². The average Bonchev–Trinajstić information content (AvgIpc) is 2.83. The normalized spacial score (nSPS) is 13.7. The second kappa shape index (κ2) is 6.65. The van der Waals surface area contributed by atoms with Crippen molar-refractivity contribution in [2.45, 2.75) is 19.1 Å². The van der Waals surface area contributed by atoms with Crippen molar-refractivity contribution in [1.29, 1.82) is 0 Å². The van der Waals surface area contributed by atoms with Crippen LogP contribution in [0.25, 0.3) is 0 Å². The van der Waals surface area contributed by atoms with Crippen LogP contribution in [0.5, 0.6) is 5.75 Å². The molecule has 8 heteroatoms. The summed E-state index contributed by atoms with van der Waals surface area (Å²) in [5.74, 6) is 0.0984. The quantitative estimate of drug-likeness (QED) is 0.839. The maximum atomic E-state index is 11.9. The molecule has 0 spiro atoms. The van der Waals surface area contributed by atoms with Gasteiger partial charge in [0.05, 0.1) is 13.2 Å². The lowest BCUT2D eigenvalue weighted by Gasteiger charge is -2.11. The molecule has 2 N–H and O–H groups in total. The van der Waals surface area contributed by atoms with Crippen LogP contribution in [0.1, 0.15) is 11.1 Å². The van der Waals surface area contributed by atoms with E-state index in [9.17, 15) is 18.0 Å². The Kier molecular flexibility index (Phi) is 5.10. The van der Waals surface area contributed by atoms with Crippen LogP contribution in [0.2, 0.25) is 0 Å². The highest BCUT2D eigenvalue weighted by Crippen LogP contribution is 2.32. The number of halogens is 4. The topological polar surface area (TPSA) is 50.4 Å². The van der Waals surface area contributed by atoms with Crippen LogP contribution in [0, 0.1) is 0 Å². The van der Waals surface area contributed by atoms with E-state index in [-0.39, 0.29) is 6.54 Å². The van der Waals surface area contributed by atoms with E-state index in [0.717, 1.165) is 27.8 Å². The number of carbonyl (C=O) groups is 1. The van der Waals surface area contributed by atoms with Gasteiger partial charge in [0.1, 0.15) is 12.3 Å². The number of amides is 1. The number of carbonyl (C=O) groups excluding carboxylic acids is 1. The predicted molar refractivity (Wildman–Crippen MR) is 74.1 cm³/mol. The van der Waals surface area contributed by atoms with Gasteiger partial charge in [0.25, 0.3) is 0 Å². The average molecular weight is 367 g/mol. The lowest BCUT2D eigenvalue weighted by atomic mass is 10.1. The van der Waals surface area contributed by atoms with Gasteiger partial charge in [0, 0.05) is 23.0 Å². The van der Waals surface area contributed by atoms with Crippen LogP contribution in [0.4, 0.5) is 13.2 Å². The highest BCUT2D eigenvalue weighted by atomic mass is 79.9. The standard InChI is InChI=1S/C13H14BrF3N2O2/c14-10-3-8-1-2-21-12(8)9(4-10)5-18-6-11(20)19-7-13(15,16)17/h3-4,18H,1-2,5-7H2,(H,19,20). The Labute approximate surface area is 128 Å². The van der Waals surface area contributed by atoms with Crippen molar-refractivity contribution < 1.29 is 22.7 Å². The van der Waals surface area contributed by atoms with Crippen molar-refractivity contribution in [3.8, 4) is 5.75 Å². The molecule has 0 radical (unpaired) electrons. The summed E-state index contributed by atoms with van der Waals surface area (Å²) < 4.78 is 42.3. The minimum absolute atomic E-state index is 0.183. The Morgan fingerprint density at radius 2 is 2.14 bits per heavy atom. The molecule has 1 aromatic carbocycles. The van der Waals surface area contributed by atoms with Crippen molar-refractivity contribution in [3.63, 3.8) is 0 Å². The van der Waals surface area contributed by atoms with Crippen LogP contribution < -0.4 is 15.4 Å². The number of nitrogens with one attached hydrogen (secondary N) is 2. The Morgan fingerprint density at radius 3 is 2.86 bits per heavy atom. The third-order valence-corrected chi connectivity index (χ3v) is 3.37. The molecular weight excluding hydrogens is 353 g/mol. The van der Waals surface area contributed by atoms with Crippen LogP contribution in [-0.2, 0) is 17.8 Å². The summed E-state index contributed by atoms with van der Waals surface area (Å²) in [4.78, 5) is 11.3. The number of fused-ring (bicyclic) bond motifs is 1. The van der Waals surface area contributed by atoms with E-state index in [2.05, 4.69) is 21.2 Å². The molecule has 1 aromatic rings.